The molecule has 2 aromatic heterocycles. The summed E-state index contributed by atoms with van der Waals surface area (Å²) in [6.45, 7) is 0.298. The molecule has 0 saturated carbocycles. The number of nitrogens with two attached hydrogens (primary N) is 1. The lowest BCUT2D eigenvalue weighted by molar-refractivity contribution is 0.0995. The second-order valence-corrected chi connectivity index (χ2v) is 6.16. The van der Waals surface area contributed by atoms with Crippen molar-refractivity contribution in [3.8, 4) is 5.75 Å². The Labute approximate surface area is 148 Å². The van der Waals surface area contributed by atoms with Gasteiger partial charge in [-0.25, -0.2) is 0 Å². The van der Waals surface area contributed by atoms with Gasteiger partial charge in [0.25, 0.3) is 5.91 Å². The van der Waals surface area contributed by atoms with Crippen molar-refractivity contribution in [2.45, 2.75) is 16.4 Å². The van der Waals surface area contributed by atoms with Crippen LogP contribution >= 0.6 is 11.8 Å². The summed E-state index contributed by atoms with van der Waals surface area (Å²) in [5.74, 6) is 0.426. The van der Waals surface area contributed by atoms with E-state index >= 15 is 0 Å². The molecule has 0 atom stereocenters. The number of rotatable bonds is 7. The van der Waals surface area contributed by atoms with E-state index in [0.717, 1.165) is 15.4 Å². The Bertz CT molecular complexity index is 890. The number of aromatic nitrogens is 1. The quantitative estimate of drug-likeness (QED) is 0.654. The highest BCUT2D eigenvalue weighted by molar-refractivity contribution is 7.99. The van der Waals surface area contributed by atoms with Gasteiger partial charge in [-0.3, -0.25) is 14.6 Å². The van der Waals surface area contributed by atoms with E-state index in [4.69, 9.17) is 14.9 Å². The Morgan fingerprint density at radius 2 is 2.04 bits per heavy atom. The highest BCUT2D eigenvalue weighted by Crippen LogP contribution is 2.31. The van der Waals surface area contributed by atoms with Gasteiger partial charge in [-0.1, -0.05) is 11.8 Å². The number of carbonyl (C=O) groups is 2. The molecule has 0 saturated heterocycles. The molecule has 1 aromatic carbocycles. The fourth-order valence-corrected chi connectivity index (χ4v) is 2.92. The van der Waals surface area contributed by atoms with Crippen LogP contribution in [0.2, 0.25) is 0 Å². The van der Waals surface area contributed by atoms with Crippen molar-refractivity contribution in [1.82, 2.24) is 4.98 Å². The van der Waals surface area contributed by atoms with E-state index in [2.05, 4.69) is 4.98 Å². The smallest absolute Gasteiger partial charge is 0.267 e. The minimum Gasteiger partial charge on any atom is -0.489 e. The van der Waals surface area contributed by atoms with Gasteiger partial charge in [0.1, 0.15) is 18.1 Å². The Hall–Kier alpha value is -3.06. The number of hydrogen-bond acceptors (Lipinski definition) is 6. The topological polar surface area (TPSA) is 95.4 Å². The summed E-state index contributed by atoms with van der Waals surface area (Å²) in [5.41, 5.74) is 6.22. The predicted octanol–water partition coefficient (Wildman–Crippen LogP) is 3.32. The van der Waals surface area contributed by atoms with Crippen molar-refractivity contribution >= 4 is 24.0 Å². The fraction of sp³-hybridized carbons (Fsp3) is 0.0556. The van der Waals surface area contributed by atoms with E-state index in [1.54, 1.807) is 18.2 Å². The van der Waals surface area contributed by atoms with Gasteiger partial charge >= 0.3 is 0 Å². The Morgan fingerprint density at radius 3 is 2.76 bits per heavy atom. The first-order valence-corrected chi connectivity index (χ1v) is 8.15. The van der Waals surface area contributed by atoms with E-state index in [-0.39, 0.29) is 5.69 Å². The molecule has 0 bridgehead atoms. The summed E-state index contributed by atoms with van der Waals surface area (Å²) in [6.07, 6.45) is 3.70. The Kier molecular flexibility index (Phi) is 5.15. The van der Waals surface area contributed by atoms with Crippen LogP contribution in [0.5, 0.6) is 5.75 Å². The van der Waals surface area contributed by atoms with Crippen LogP contribution < -0.4 is 10.5 Å². The molecule has 126 valence electrons. The SMILES string of the molecule is NC(=O)c1cc(COc2ccc(Sc3ccoc3C=O)cc2)ccn1. The minimum atomic E-state index is -0.572. The summed E-state index contributed by atoms with van der Waals surface area (Å²) in [7, 11) is 0. The van der Waals surface area contributed by atoms with E-state index in [9.17, 15) is 9.59 Å². The summed E-state index contributed by atoms with van der Waals surface area (Å²) >= 11 is 1.43. The zero-order valence-electron chi connectivity index (χ0n) is 13.0. The lowest BCUT2D eigenvalue weighted by Gasteiger charge is -2.07. The van der Waals surface area contributed by atoms with Crippen molar-refractivity contribution in [2.24, 2.45) is 5.73 Å². The Morgan fingerprint density at radius 1 is 1.24 bits per heavy atom. The third-order valence-electron chi connectivity index (χ3n) is 3.30. The molecule has 6 nitrogen and oxygen atoms in total. The zero-order chi connectivity index (χ0) is 17.6. The molecule has 1 amide bonds. The number of amides is 1. The predicted molar refractivity (Wildman–Crippen MR) is 91.7 cm³/mol. The van der Waals surface area contributed by atoms with Crippen LogP contribution in [-0.4, -0.2) is 17.2 Å². The number of ether oxygens (including phenoxy) is 1. The lowest BCUT2D eigenvalue weighted by atomic mass is 10.2. The van der Waals surface area contributed by atoms with Gasteiger partial charge in [-0.05, 0) is 48.0 Å². The molecule has 0 fully saturated rings. The molecule has 0 spiro atoms. The number of pyridine rings is 1. The van der Waals surface area contributed by atoms with Crippen molar-refractivity contribution < 1.29 is 18.7 Å². The first kappa shape index (κ1) is 16.8. The maximum absolute atomic E-state index is 11.1. The monoisotopic (exact) mass is 354 g/mol. The zero-order valence-corrected chi connectivity index (χ0v) is 13.9. The highest BCUT2D eigenvalue weighted by Gasteiger charge is 2.07. The molecule has 25 heavy (non-hydrogen) atoms. The molecule has 0 aliphatic rings. The number of benzene rings is 1. The van der Waals surface area contributed by atoms with Crippen LogP contribution in [0.15, 0.2) is 69.1 Å². The van der Waals surface area contributed by atoms with E-state index in [0.29, 0.717) is 24.4 Å². The normalized spacial score (nSPS) is 10.4. The molecule has 3 rings (SSSR count). The standard InChI is InChI=1S/C18H14N2O4S/c19-18(22)15-9-12(5-7-20-15)11-24-13-1-3-14(4-2-13)25-17-6-8-23-16(17)10-21/h1-10H,11H2,(H2,19,22). The van der Waals surface area contributed by atoms with Crippen LogP contribution in [0.4, 0.5) is 0 Å². The second kappa shape index (κ2) is 7.67. The number of furan rings is 1. The summed E-state index contributed by atoms with van der Waals surface area (Å²) in [5, 5.41) is 0. The van der Waals surface area contributed by atoms with E-state index < -0.39 is 5.91 Å². The number of carbonyl (C=O) groups excluding carboxylic acids is 2. The van der Waals surface area contributed by atoms with Crippen LogP contribution in [0.1, 0.15) is 26.6 Å². The molecule has 0 unspecified atom stereocenters. The van der Waals surface area contributed by atoms with Crippen LogP contribution in [0, 0.1) is 0 Å². The summed E-state index contributed by atoms with van der Waals surface area (Å²) in [6, 6.07) is 12.6. The average Bonchev–Trinajstić information content (AvgIpc) is 3.08. The third kappa shape index (κ3) is 4.27. The molecular weight excluding hydrogens is 340 g/mol. The fourth-order valence-electron chi connectivity index (χ4n) is 2.08. The maximum atomic E-state index is 11.1. The van der Waals surface area contributed by atoms with Crippen LogP contribution in [-0.2, 0) is 6.61 Å². The van der Waals surface area contributed by atoms with Crippen molar-refractivity contribution in [2.75, 3.05) is 0 Å². The third-order valence-corrected chi connectivity index (χ3v) is 4.36. The highest BCUT2D eigenvalue weighted by atomic mass is 32.2. The van der Waals surface area contributed by atoms with Crippen molar-refractivity contribution in [3.63, 3.8) is 0 Å². The van der Waals surface area contributed by atoms with Crippen LogP contribution in [0.25, 0.3) is 0 Å². The molecule has 2 N–H and O–H groups in total. The Balaban J connectivity index is 1.62. The number of hydrogen-bond donors (Lipinski definition) is 1. The van der Waals surface area contributed by atoms with Gasteiger partial charge in [0.05, 0.1) is 11.2 Å². The molecule has 7 heteroatoms. The lowest BCUT2D eigenvalue weighted by Crippen LogP contribution is -2.13. The maximum Gasteiger partial charge on any atom is 0.267 e. The van der Waals surface area contributed by atoms with E-state index in [1.165, 1.54) is 24.2 Å². The summed E-state index contributed by atoms with van der Waals surface area (Å²) in [4.78, 5) is 27.6. The van der Waals surface area contributed by atoms with Gasteiger partial charge in [0.2, 0.25) is 0 Å². The molecular formula is C18H14N2O4S. The summed E-state index contributed by atoms with van der Waals surface area (Å²) < 4.78 is 10.8. The number of primary amides is 1. The molecule has 0 aliphatic carbocycles. The van der Waals surface area contributed by atoms with Gasteiger partial charge in [-0.15, -0.1) is 0 Å². The van der Waals surface area contributed by atoms with E-state index in [1.807, 2.05) is 24.3 Å². The first-order valence-electron chi connectivity index (χ1n) is 7.34. The molecule has 0 aliphatic heterocycles. The van der Waals surface area contributed by atoms with Gasteiger partial charge in [0, 0.05) is 11.1 Å². The molecule has 3 aromatic rings. The number of aldehydes is 1. The average molecular weight is 354 g/mol. The van der Waals surface area contributed by atoms with Crippen LogP contribution in [0.3, 0.4) is 0 Å². The molecule has 0 radical (unpaired) electrons. The molecule has 2 heterocycles. The van der Waals surface area contributed by atoms with Gasteiger partial charge in [0.15, 0.2) is 12.0 Å². The second-order valence-electron chi connectivity index (χ2n) is 5.04. The minimum absolute atomic E-state index is 0.207. The number of nitrogens with zero attached hydrogens (tertiary/aromatic N) is 1. The van der Waals surface area contributed by atoms with Gasteiger partial charge < -0.3 is 14.9 Å². The largest absolute Gasteiger partial charge is 0.489 e. The first-order chi connectivity index (χ1) is 12.2. The van der Waals surface area contributed by atoms with Crippen molar-refractivity contribution in [1.29, 1.82) is 0 Å². The van der Waals surface area contributed by atoms with Gasteiger partial charge in [-0.2, -0.15) is 0 Å². The van der Waals surface area contributed by atoms with Crippen molar-refractivity contribution in [3.05, 3.63) is 71.9 Å².